The van der Waals surface area contributed by atoms with Crippen LogP contribution in [0.3, 0.4) is 0 Å². The van der Waals surface area contributed by atoms with Crippen molar-refractivity contribution in [3.63, 3.8) is 0 Å². The Morgan fingerprint density at radius 1 is 1.19 bits per heavy atom. The molecule has 1 aliphatic heterocycles. The first-order valence-corrected chi connectivity index (χ1v) is 7.05. The van der Waals surface area contributed by atoms with Crippen LogP contribution in [0.2, 0.25) is 0 Å². The number of fused-ring (bicyclic) bond motifs is 1. The van der Waals surface area contributed by atoms with Crippen LogP contribution < -0.4 is 10.1 Å². The Kier molecular flexibility index (Phi) is 3.77. The van der Waals surface area contributed by atoms with Crippen LogP contribution in [-0.2, 0) is 13.0 Å². The largest absolute Gasteiger partial charge is 0.487 e. The van der Waals surface area contributed by atoms with Gasteiger partial charge in [-0.3, -0.25) is 0 Å². The lowest BCUT2D eigenvalue weighted by Crippen LogP contribution is -2.13. The van der Waals surface area contributed by atoms with Gasteiger partial charge in [0.25, 0.3) is 0 Å². The molecule has 1 aliphatic rings. The van der Waals surface area contributed by atoms with Gasteiger partial charge in [-0.2, -0.15) is 0 Å². The summed E-state index contributed by atoms with van der Waals surface area (Å²) in [6.45, 7) is 1.40. The predicted molar refractivity (Wildman–Crippen MR) is 81.0 cm³/mol. The maximum atomic E-state index is 10.8. The molecule has 0 spiro atoms. The van der Waals surface area contributed by atoms with Gasteiger partial charge in [0.15, 0.2) is 0 Å². The molecule has 2 aromatic rings. The van der Waals surface area contributed by atoms with Crippen molar-refractivity contribution in [2.75, 3.05) is 11.9 Å². The Hall–Kier alpha value is -2.49. The van der Waals surface area contributed by atoms with Crippen LogP contribution in [-0.4, -0.2) is 17.6 Å². The van der Waals surface area contributed by atoms with Gasteiger partial charge in [-0.1, -0.05) is 24.3 Å². The van der Waals surface area contributed by atoms with E-state index in [-0.39, 0.29) is 5.56 Å². The number of anilines is 1. The molecule has 0 aliphatic carbocycles. The van der Waals surface area contributed by atoms with Crippen molar-refractivity contribution in [2.24, 2.45) is 0 Å². The molecule has 0 aromatic heterocycles. The van der Waals surface area contributed by atoms with E-state index in [9.17, 15) is 4.79 Å². The Morgan fingerprint density at radius 2 is 2.00 bits per heavy atom. The quantitative estimate of drug-likeness (QED) is 0.903. The Balaban J connectivity index is 1.71. The number of hydrogen-bond donors (Lipinski definition) is 2. The maximum absolute atomic E-state index is 10.8. The van der Waals surface area contributed by atoms with Crippen molar-refractivity contribution in [3.8, 4) is 5.75 Å². The Morgan fingerprint density at radius 3 is 2.76 bits per heavy atom. The summed E-state index contributed by atoms with van der Waals surface area (Å²) < 4.78 is 5.88. The standard InChI is InChI=1S/C17H17NO3/c19-17(20)14-8-6-12(7-9-14)11-21-15-5-1-3-13-4-2-10-18-16(13)15/h1,3,5-9,18H,2,4,10-11H2,(H,19,20). The number of carboxylic acid groups (broad SMARTS) is 1. The summed E-state index contributed by atoms with van der Waals surface area (Å²) in [5, 5.41) is 12.3. The van der Waals surface area contributed by atoms with Crippen LogP contribution in [0.1, 0.15) is 27.9 Å². The first-order chi connectivity index (χ1) is 10.2. The highest BCUT2D eigenvalue weighted by molar-refractivity contribution is 5.87. The first-order valence-electron chi connectivity index (χ1n) is 7.05. The van der Waals surface area contributed by atoms with E-state index in [1.165, 1.54) is 5.56 Å². The van der Waals surface area contributed by atoms with Crippen LogP contribution in [0.15, 0.2) is 42.5 Å². The first kappa shape index (κ1) is 13.5. The molecule has 0 amide bonds. The molecule has 3 rings (SSSR count). The summed E-state index contributed by atoms with van der Waals surface area (Å²) >= 11 is 0. The molecule has 0 radical (unpaired) electrons. The second-order valence-electron chi connectivity index (χ2n) is 5.11. The number of aromatic carboxylic acids is 1. The normalized spacial score (nSPS) is 13.1. The summed E-state index contributed by atoms with van der Waals surface area (Å²) in [5.74, 6) is -0.0571. The molecule has 108 valence electrons. The van der Waals surface area contributed by atoms with E-state index in [4.69, 9.17) is 9.84 Å². The third-order valence-corrected chi connectivity index (χ3v) is 3.63. The number of benzene rings is 2. The number of ether oxygens (including phenoxy) is 1. The van der Waals surface area contributed by atoms with E-state index in [1.54, 1.807) is 24.3 Å². The number of carboxylic acids is 1. The van der Waals surface area contributed by atoms with Crippen molar-refractivity contribution in [1.29, 1.82) is 0 Å². The number of hydrogen-bond acceptors (Lipinski definition) is 3. The summed E-state index contributed by atoms with van der Waals surface area (Å²) in [6, 6.07) is 12.9. The molecule has 2 aromatic carbocycles. The molecule has 0 saturated heterocycles. The Bertz CT molecular complexity index is 650. The highest BCUT2D eigenvalue weighted by Crippen LogP contribution is 2.32. The van der Waals surface area contributed by atoms with E-state index in [1.807, 2.05) is 12.1 Å². The van der Waals surface area contributed by atoms with Crippen LogP contribution >= 0.6 is 0 Å². The molecule has 2 N–H and O–H groups in total. The van der Waals surface area contributed by atoms with Gasteiger partial charge in [0.1, 0.15) is 12.4 Å². The minimum Gasteiger partial charge on any atom is -0.487 e. The average molecular weight is 283 g/mol. The number of nitrogens with one attached hydrogen (secondary N) is 1. The van der Waals surface area contributed by atoms with Crippen molar-refractivity contribution in [1.82, 2.24) is 0 Å². The second-order valence-corrected chi connectivity index (χ2v) is 5.11. The Labute approximate surface area is 123 Å². The SMILES string of the molecule is O=C(O)c1ccc(COc2cccc3c2NCCC3)cc1. The fourth-order valence-corrected chi connectivity index (χ4v) is 2.50. The summed E-state index contributed by atoms with van der Waals surface area (Å²) in [6.07, 6.45) is 2.22. The molecule has 0 atom stereocenters. The molecule has 4 heteroatoms. The molecular formula is C17H17NO3. The summed E-state index contributed by atoms with van der Waals surface area (Å²) in [7, 11) is 0. The molecular weight excluding hydrogens is 266 g/mol. The topological polar surface area (TPSA) is 58.6 Å². The number of rotatable bonds is 4. The number of carbonyl (C=O) groups is 1. The van der Waals surface area contributed by atoms with Gasteiger partial charge in [0.2, 0.25) is 0 Å². The molecule has 0 unspecified atom stereocenters. The lowest BCUT2D eigenvalue weighted by molar-refractivity contribution is 0.0697. The van der Waals surface area contributed by atoms with Crippen LogP contribution in [0, 0.1) is 0 Å². The number of aryl methyl sites for hydroxylation is 1. The molecule has 0 bridgehead atoms. The minimum atomic E-state index is -0.913. The van der Waals surface area contributed by atoms with E-state index >= 15 is 0 Å². The van der Waals surface area contributed by atoms with Crippen molar-refractivity contribution in [2.45, 2.75) is 19.4 Å². The third-order valence-electron chi connectivity index (χ3n) is 3.63. The van der Waals surface area contributed by atoms with E-state index < -0.39 is 5.97 Å². The van der Waals surface area contributed by atoms with Gasteiger partial charge in [0, 0.05) is 6.54 Å². The van der Waals surface area contributed by atoms with E-state index in [0.29, 0.717) is 6.61 Å². The third kappa shape index (κ3) is 2.99. The van der Waals surface area contributed by atoms with E-state index in [0.717, 1.165) is 36.4 Å². The van der Waals surface area contributed by atoms with Crippen LogP contribution in [0.4, 0.5) is 5.69 Å². The van der Waals surface area contributed by atoms with Gasteiger partial charge in [-0.15, -0.1) is 0 Å². The monoisotopic (exact) mass is 283 g/mol. The number of para-hydroxylation sites is 1. The molecule has 0 fully saturated rings. The molecule has 1 heterocycles. The molecule has 0 saturated carbocycles. The van der Waals surface area contributed by atoms with Gasteiger partial charge < -0.3 is 15.2 Å². The second kappa shape index (κ2) is 5.87. The zero-order chi connectivity index (χ0) is 14.7. The zero-order valence-electron chi connectivity index (χ0n) is 11.6. The fraction of sp³-hybridized carbons (Fsp3) is 0.235. The van der Waals surface area contributed by atoms with Gasteiger partial charge >= 0.3 is 5.97 Å². The van der Waals surface area contributed by atoms with Crippen molar-refractivity contribution >= 4 is 11.7 Å². The lowest BCUT2D eigenvalue weighted by Gasteiger charge is -2.21. The average Bonchev–Trinajstić information content (AvgIpc) is 2.53. The van der Waals surface area contributed by atoms with Crippen molar-refractivity contribution in [3.05, 3.63) is 59.2 Å². The molecule has 4 nitrogen and oxygen atoms in total. The smallest absolute Gasteiger partial charge is 0.335 e. The van der Waals surface area contributed by atoms with Crippen LogP contribution in [0.5, 0.6) is 5.75 Å². The van der Waals surface area contributed by atoms with Gasteiger partial charge in [0.05, 0.1) is 11.3 Å². The minimum absolute atomic E-state index is 0.289. The molecule has 21 heavy (non-hydrogen) atoms. The highest BCUT2D eigenvalue weighted by Gasteiger charge is 2.13. The lowest BCUT2D eigenvalue weighted by atomic mass is 10.0. The van der Waals surface area contributed by atoms with Crippen molar-refractivity contribution < 1.29 is 14.6 Å². The van der Waals surface area contributed by atoms with Gasteiger partial charge in [-0.05, 0) is 42.2 Å². The zero-order valence-corrected chi connectivity index (χ0v) is 11.6. The van der Waals surface area contributed by atoms with Crippen LogP contribution in [0.25, 0.3) is 0 Å². The van der Waals surface area contributed by atoms with Gasteiger partial charge in [-0.25, -0.2) is 4.79 Å². The summed E-state index contributed by atoms with van der Waals surface area (Å²) in [4.78, 5) is 10.8. The summed E-state index contributed by atoms with van der Waals surface area (Å²) in [5.41, 5.74) is 3.62. The maximum Gasteiger partial charge on any atom is 0.335 e. The van der Waals surface area contributed by atoms with E-state index in [2.05, 4.69) is 11.4 Å². The predicted octanol–water partition coefficient (Wildman–Crippen LogP) is 3.32. The highest BCUT2D eigenvalue weighted by atomic mass is 16.5. The fourth-order valence-electron chi connectivity index (χ4n) is 2.50.